The highest BCUT2D eigenvalue weighted by molar-refractivity contribution is 6.00. The molecule has 0 saturated carbocycles. The summed E-state index contributed by atoms with van der Waals surface area (Å²) < 4.78 is 19.8. The predicted molar refractivity (Wildman–Crippen MR) is 112 cm³/mol. The van der Waals surface area contributed by atoms with E-state index in [4.69, 9.17) is 4.74 Å². The molecule has 160 valence electrons. The molecule has 0 bridgehead atoms. The molecule has 4 rings (SSSR count). The van der Waals surface area contributed by atoms with Crippen LogP contribution in [0.25, 0.3) is 5.69 Å². The number of carbonyl (C=O) groups is 2. The maximum atomic E-state index is 13.2. The number of ether oxygens (including phenoxy) is 1. The van der Waals surface area contributed by atoms with Gasteiger partial charge < -0.3 is 15.0 Å². The van der Waals surface area contributed by atoms with Crippen LogP contribution in [-0.2, 0) is 4.79 Å². The van der Waals surface area contributed by atoms with Crippen molar-refractivity contribution in [2.45, 2.75) is 25.8 Å². The van der Waals surface area contributed by atoms with Gasteiger partial charge in [0.2, 0.25) is 11.7 Å². The lowest BCUT2D eigenvalue weighted by molar-refractivity contribution is -0.119. The minimum absolute atomic E-state index is 0.00553. The number of halogens is 1. The molecule has 0 spiro atoms. The maximum absolute atomic E-state index is 13.2. The summed E-state index contributed by atoms with van der Waals surface area (Å²) in [7, 11) is 1.57. The van der Waals surface area contributed by atoms with Gasteiger partial charge in [0.25, 0.3) is 5.91 Å². The van der Waals surface area contributed by atoms with Crippen molar-refractivity contribution < 1.29 is 18.7 Å². The highest BCUT2D eigenvalue weighted by atomic mass is 19.1. The average Bonchev–Trinajstić information content (AvgIpc) is 3.41. The normalized spacial score (nSPS) is 15.7. The highest BCUT2D eigenvalue weighted by Gasteiger charge is 2.36. The zero-order valence-electron chi connectivity index (χ0n) is 17.2. The molecule has 2 amide bonds. The van der Waals surface area contributed by atoms with Crippen LogP contribution in [0.15, 0.2) is 48.5 Å². The first-order valence-electron chi connectivity index (χ1n) is 9.92. The Morgan fingerprint density at radius 1 is 1.13 bits per heavy atom. The molecule has 2 heterocycles. The van der Waals surface area contributed by atoms with E-state index in [0.717, 1.165) is 0 Å². The van der Waals surface area contributed by atoms with Gasteiger partial charge in [-0.25, -0.2) is 14.1 Å². The first-order valence-corrected chi connectivity index (χ1v) is 9.92. The number of nitrogens with one attached hydrogen (secondary N) is 1. The first-order chi connectivity index (χ1) is 15.0. The lowest BCUT2D eigenvalue weighted by Crippen LogP contribution is -2.43. The Balaban J connectivity index is 1.50. The Labute approximate surface area is 178 Å². The van der Waals surface area contributed by atoms with Crippen molar-refractivity contribution in [1.82, 2.24) is 19.7 Å². The van der Waals surface area contributed by atoms with Gasteiger partial charge in [-0.05, 0) is 68.3 Å². The number of rotatable bonds is 5. The molecule has 3 aromatic rings. The molecule has 9 heteroatoms. The van der Waals surface area contributed by atoms with Crippen molar-refractivity contribution in [2.75, 3.05) is 19.0 Å². The maximum Gasteiger partial charge on any atom is 0.294 e. The summed E-state index contributed by atoms with van der Waals surface area (Å²) in [5, 5.41) is 7.15. The second kappa shape index (κ2) is 8.55. The van der Waals surface area contributed by atoms with Crippen LogP contribution in [-0.4, -0.2) is 51.2 Å². The van der Waals surface area contributed by atoms with Gasteiger partial charge in [0.1, 0.15) is 23.4 Å². The Kier molecular flexibility index (Phi) is 5.66. The van der Waals surface area contributed by atoms with Gasteiger partial charge >= 0.3 is 0 Å². The molecule has 1 fully saturated rings. The van der Waals surface area contributed by atoms with E-state index in [9.17, 15) is 14.0 Å². The summed E-state index contributed by atoms with van der Waals surface area (Å²) in [6, 6.07) is 12.1. The third-order valence-corrected chi connectivity index (χ3v) is 5.21. The molecule has 0 aliphatic carbocycles. The molecular formula is C22H22FN5O3. The number of anilines is 1. The second-order valence-electron chi connectivity index (χ2n) is 7.25. The van der Waals surface area contributed by atoms with Crippen LogP contribution in [0, 0.1) is 12.7 Å². The standard InChI is InChI=1S/C22H22FN5O3/c1-14-24-20(26-28(14)17-9-5-15(23)6-10-17)22(30)27-13-3-4-19(27)21(29)25-16-7-11-18(31-2)12-8-16/h5-12,19H,3-4,13H2,1-2H3,(H,25,29). The lowest BCUT2D eigenvalue weighted by Gasteiger charge is -2.22. The van der Waals surface area contributed by atoms with Crippen LogP contribution in [0.5, 0.6) is 5.75 Å². The van der Waals surface area contributed by atoms with E-state index in [1.165, 1.54) is 21.7 Å². The fourth-order valence-corrected chi connectivity index (χ4v) is 3.62. The smallest absolute Gasteiger partial charge is 0.294 e. The van der Waals surface area contributed by atoms with Crippen LogP contribution < -0.4 is 10.1 Å². The number of benzene rings is 2. The molecular weight excluding hydrogens is 401 g/mol. The molecule has 1 aliphatic rings. The summed E-state index contributed by atoms with van der Waals surface area (Å²) in [6.07, 6.45) is 1.27. The van der Waals surface area contributed by atoms with E-state index in [2.05, 4.69) is 15.4 Å². The fraction of sp³-hybridized carbons (Fsp3) is 0.273. The molecule has 1 N–H and O–H groups in total. The zero-order chi connectivity index (χ0) is 22.0. The number of aryl methyl sites for hydroxylation is 1. The van der Waals surface area contributed by atoms with Gasteiger partial charge in [0.05, 0.1) is 12.8 Å². The van der Waals surface area contributed by atoms with Gasteiger partial charge in [0.15, 0.2) is 0 Å². The quantitative estimate of drug-likeness (QED) is 0.682. The topological polar surface area (TPSA) is 89.4 Å². The molecule has 31 heavy (non-hydrogen) atoms. The van der Waals surface area contributed by atoms with Crippen LogP contribution in [0.4, 0.5) is 10.1 Å². The molecule has 1 unspecified atom stereocenters. The second-order valence-corrected chi connectivity index (χ2v) is 7.25. The van der Waals surface area contributed by atoms with Crippen LogP contribution in [0.1, 0.15) is 29.3 Å². The van der Waals surface area contributed by atoms with Gasteiger partial charge in [0, 0.05) is 12.2 Å². The number of likely N-dealkylation sites (tertiary alicyclic amines) is 1. The molecule has 8 nitrogen and oxygen atoms in total. The lowest BCUT2D eigenvalue weighted by atomic mass is 10.2. The number of aromatic nitrogens is 3. The van der Waals surface area contributed by atoms with E-state index >= 15 is 0 Å². The number of hydrogen-bond donors (Lipinski definition) is 1. The van der Waals surface area contributed by atoms with Crippen molar-refractivity contribution in [2.24, 2.45) is 0 Å². The first kappa shape index (κ1) is 20.5. The number of amides is 2. The van der Waals surface area contributed by atoms with Gasteiger partial charge in [-0.2, -0.15) is 0 Å². The average molecular weight is 423 g/mol. The third kappa shape index (κ3) is 4.25. The summed E-state index contributed by atoms with van der Waals surface area (Å²) >= 11 is 0. The number of hydrogen-bond acceptors (Lipinski definition) is 5. The molecule has 1 aliphatic heterocycles. The van der Waals surface area contributed by atoms with Crippen LogP contribution in [0.2, 0.25) is 0 Å². The van der Waals surface area contributed by atoms with Crippen LogP contribution >= 0.6 is 0 Å². The van der Waals surface area contributed by atoms with Crippen molar-refractivity contribution in [3.63, 3.8) is 0 Å². The largest absolute Gasteiger partial charge is 0.497 e. The minimum Gasteiger partial charge on any atom is -0.497 e. The van der Waals surface area contributed by atoms with Crippen molar-refractivity contribution in [3.05, 3.63) is 66.0 Å². The van der Waals surface area contributed by atoms with Crippen LogP contribution in [0.3, 0.4) is 0 Å². The molecule has 1 atom stereocenters. The van der Waals surface area contributed by atoms with Crippen molar-refractivity contribution >= 4 is 17.5 Å². The number of methoxy groups -OCH3 is 1. The highest BCUT2D eigenvalue weighted by Crippen LogP contribution is 2.22. The van der Waals surface area contributed by atoms with Gasteiger partial charge in [-0.1, -0.05) is 0 Å². The third-order valence-electron chi connectivity index (χ3n) is 5.21. The zero-order valence-corrected chi connectivity index (χ0v) is 17.2. The Bertz CT molecular complexity index is 1100. The summed E-state index contributed by atoms with van der Waals surface area (Å²) in [5.74, 6) is 0.163. The number of nitrogens with zero attached hydrogens (tertiary/aromatic N) is 4. The minimum atomic E-state index is -0.604. The van der Waals surface area contributed by atoms with E-state index in [1.807, 2.05) is 0 Å². The van der Waals surface area contributed by atoms with Gasteiger partial charge in [-0.15, -0.1) is 5.10 Å². The molecule has 1 saturated heterocycles. The van der Waals surface area contributed by atoms with Crippen molar-refractivity contribution in [3.8, 4) is 11.4 Å². The van der Waals surface area contributed by atoms with E-state index in [0.29, 0.717) is 42.3 Å². The van der Waals surface area contributed by atoms with Crippen molar-refractivity contribution in [1.29, 1.82) is 0 Å². The molecule has 1 aromatic heterocycles. The monoisotopic (exact) mass is 423 g/mol. The van der Waals surface area contributed by atoms with E-state index < -0.39 is 11.9 Å². The summed E-state index contributed by atoms with van der Waals surface area (Å²) in [4.78, 5) is 31.7. The van der Waals surface area contributed by atoms with Gasteiger partial charge in [-0.3, -0.25) is 9.59 Å². The SMILES string of the molecule is COc1ccc(NC(=O)C2CCCN2C(=O)c2nc(C)n(-c3ccc(F)cc3)n2)cc1. The Morgan fingerprint density at radius 3 is 2.52 bits per heavy atom. The predicted octanol–water partition coefficient (Wildman–Crippen LogP) is 2.97. The van der Waals surface area contributed by atoms with E-state index in [1.54, 1.807) is 50.4 Å². The number of carbonyl (C=O) groups excluding carboxylic acids is 2. The Morgan fingerprint density at radius 2 is 1.84 bits per heavy atom. The summed E-state index contributed by atoms with van der Waals surface area (Å²) in [6.45, 7) is 2.16. The molecule has 0 radical (unpaired) electrons. The van der Waals surface area contributed by atoms with E-state index in [-0.39, 0.29) is 17.5 Å². The fourth-order valence-electron chi connectivity index (χ4n) is 3.62. The molecule has 2 aromatic carbocycles. The summed E-state index contributed by atoms with van der Waals surface area (Å²) in [5.41, 5.74) is 1.22. The Hall–Kier alpha value is -3.75.